The smallest absolute Gasteiger partial charge is 0.164 e. The van der Waals surface area contributed by atoms with Crippen LogP contribution in [0.5, 0.6) is 17.2 Å². The van der Waals surface area contributed by atoms with Crippen LogP contribution in [0.4, 0.5) is 0 Å². The molecule has 0 spiro atoms. The summed E-state index contributed by atoms with van der Waals surface area (Å²) in [6.07, 6.45) is 1.10. The van der Waals surface area contributed by atoms with Crippen LogP contribution in [0.2, 0.25) is 0 Å². The third kappa shape index (κ3) is 5.44. The summed E-state index contributed by atoms with van der Waals surface area (Å²) in [5.74, 6) is 2.20. The van der Waals surface area contributed by atoms with E-state index in [0.717, 1.165) is 36.6 Å². The zero-order chi connectivity index (χ0) is 15.8. The van der Waals surface area contributed by atoms with Gasteiger partial charge < -0.3 is 24.4 Å². The average Bonchev–Trinajstić information content (AvgIpc) is 2.49. The molecule has 5 nitrogen and oxygen atoms in total. The summed E-state index contributed by atoms with van der Waals surface area (Å²) in [4.78, 5) is 2.19. The molecule has 1 N–H and O–H groups in total. The molecule has 120 valence electrons. The van der Waals surface area contributed by atoms with Gasteiger partial charge >= 0.3 is 0 Å². The molecule has 0 heterocycles. The lowest BCUT2D eigenvalue weighted by atomic mass is 10.1. The molecule has 1 rings (SSSR count). The van der Waals surface area contributed by atoms with Gasteiger partial charge in [0.15, 0.2) is 11.5 Å². The van der Waals surface area contributed by atoms with Gasteiger partial charge in [0.1, 0.15) is 5.75 Å². The molecule has 0 bridgehead atoms. The topological polar surface area (TPSA) is 43.0 Å². The second-order valence-corrected chi connectivity index (χ2v) is 5.39. The lowest BCUT2D eigenvalue weighted by Crippen LogP contribution is -2.29. The maximum Gasteiger partial charge on any atom is 0.164 e. The Hall–Kier alpha value is -1.46. The van der Waals surface area contributed by atoms with Gasteiger partial charge in [0.25, 0.3) is 0 Å². The quantitative estimate of drug-likeness (QED) is 0.756. The van der Waals surface area contributed by atoms with Crippen LogP contribution >= 0.6 is 0 Å². The highest BCUT2D eigenvalue weighted by Crippen LogP contribution is 2.34. The molecule has 0 fully saturated rings. The van der Waals surface area contributed by atoms with Gasteiger partial charge in [-0.2, -0.15) is 0 Å². The maximum atomic E-state index is 5.43. The van der Waals surface area contributed by atoms with Crippen LogP contribution in [0.25, 0.3) is 0 Å². The fourth-order valence-corrected chi connectivity index (χ4v) is 2.07. The van der Waals surface area contributed by atoms with E-state index in [4.69, 9.17) is 14.2 Å². The highest BCUT2D eigenvalue weighted by atomic mass is 16.5. The fraction of sp³-hybridized carbons (Fsp3) is 0.625. The standard InChI is InChI=1S/C16H28N2O3/c1-12(7-8-18(2)3)17-11-13-9-15(20-5)16(21-6)10-14(13)19-4/h9-10,12,17H,7-8,11H2,1-6H3. The first kappa shape index (κ1) is 17.6. The molecule has 0 aromatic heterocycles. The fourth-order valence-electron chi connectivity index (χ4n) is 2.07. The van der Waals surface area contributed by atoms with E-state index >= 15 is 0 Å². The van der Waals surface area contributed by atoms with Crippen molar-refractivity contribution in [2.24, 2.45) is 0 Å². The van der Waals surface area contributed by atoms with Gasteiger partial charge in [-0.1, -0.05) is 0 Å². The van der Waals surface area contributed by atoms with Gasteiger partial charge in [0, 0.05) is 24.2 Å². The van der Waals surface area contributed by atoms with Crippen LogP contribution in [-0.4, -0.2) is 52.9 Å². The zero-order valence-corrected chi connectivity index (χ0v) is 14.0. The van der Waals surface area contributed by atoms with Crippen LogP contribution in [0.15, 0.2) is 12.1 Å². The minimum Gasteiger partial charge on any atom is -0.496 e. The van der Waals surface area contributed by atoms with Gasteiger partial charge in [0.2, 0.25) is 0 Å². The van der Waals surface area contributed by atoms with Crippen molar-refractivity contribution in [1.82, 2.24) is 10.2 Å². The summed E-state index contributed by atoms with van der Waals surface area (Å²) in [5, 5.41) is 3.51. The highest BCUT2D eigenvalue weighted by molar-refractivity contribution is 5.50. The number of ether oxygens (including phenoxy) is 3. The molecule has 1 aromatic rings. The summed E-state index contributed by atoms with van der Waals surface area (Å²) in [6, 6.07) is 4.26. The Morgan fingerprint density at radius 2 is 1.57 bits per heavy atom. The van der Waals surface area contributed by atoms with E-state index < -0.39 is 0 Å². The Kier molecular flexibility index (Phi) is 7.32. The van der Waals surface area contributed by atoms with Crippen molar-refractivity contribution in [2.45, 2.75) is 25.9 Å². The number of hydrogen-bond acceptors (Lipinski definition) is 5. The van der Waals surface area contributed by atoms with Crippen LogP contribution < -0.4 is 19.5 Å². The van der Waals surface area contributed by atoms with Crippen LogP contribution in [0.1, 0.15) is 18.9 Å². The summed E-state index contributed by atoms with van der Waals surface area (Å²) in [6.45, 7) is 3.99. The molecule has 0 saturated heterocycles. The Labute approximate surface area is 128 Å². The molecule has 0 aliphatic rings. The van der Waals surface area contributed by atoms with Crippen molar-refractivity contribution in [1.29, 1.82) is 0 Å². The number of nitrogens with zero attached hydrogens (tertiary/aromatic N) is 1. The first-order valence-corrected chi connectivity index (χ1v) is 7.18. The zero-order valence-electron chi connectivity index (χ0n) is 14.0. The highest BCUT2D eigenvalue weighted by Gasteiger charge is 2.12. The second-order valence-electron chi connectivity index (χ2n) is 5.39. The van der Waals surface area contributed by atoms with Gasteiger partial charge in [0.05, 0.1) is 21.3 Å². The number of rotatable bonds is 9. The molecule has 5 heteroatoms. The number of nitrogens with one attached hydrogen (secondary N) is 1. The SMILES string of the molecule is COc1cc(OC)c(OC)cc1CNC(C)CCN(C)C. The first-order valence-electron chi connectivity index (χ1n) is 7.18. The minimum absolute atomic E-state index is 0.435. The molecule has 1 atom stereocenters. The van der Waals surface area contributed by atoms with E-state index in [2.05, 4.69) is 31.2 Å². The normalized spacial score (nSPS) is 12.3. The molecule has 21 heavy (non-hydrogen) atoms. The van der Waals surface area contributed by atoms with Crippen molar-refractivity contribution >= 4 is 0 Å². The first-order chi connectivity index (χ1) is 10.0. The molecule has 0 radical (unpaired) electrons. The van der Waals surface area contributed by atoms with Crippen molar-refractivity contribution in [3.63, 3.8) is 0 Å². The molecule has 0 aliphatic carbocycles. The molecule has 1 unspecified atom stereocenters. The Morgan fingerprint density at radius 1 is 1.00 bits per heavy atom. The summed E-state index contributed by atoms with van der Waals surface area (Å²) in [5.41, 5.74) is 1.06. The maximum absolute atomic E-state index is 5.43. The van der Waals surface area contributed by atoms with Crippen LogP contribution in [0, 0.1) is 0 Å². The van der Waals surface area contributed by atoms with Gasteiger partial charge in [-0.05, 0) is 40.1 Å². The van der Waals surface area contributed by atoms with E-state index in [9.17, 15) is 0 Å². The minimum atomic E-state index is 0.435. The third-order valence-electron chi connectivity index (χ3n) is 3.44. The van der Waals surface area contributed by atoms with Crippen LogP contribution in [0.3, 0.4) is 0 Å². The van der Waals surface area contributed by atoms with E-state index in [1.54, 1.807) is 21.3 Å². The van der Waals surface area contributed by atoms with Crippen molar-refractivity contribution < 1.29 is 14.2 Å². The number of benzene rings is 1. The average molecular weight is 296 g/mol. The van der Waals surface area contributed by atoms with E-state index in [0.29, 0.717) is 11.8 Å². The second kappa shape index (κ2) is 8.74. The van der Waals surface area contributed by atoms with E-state index in [1.165, 1.54) is 0 Å². The summed E-state index contributed by atoms with van der Waals surface area (Å²) in [7, 11) is 9.11. The van der Waals surface area contributed by atoms with E-state index in [-0.39, 0.29) is 0 Å². The lowest BCUT2D eigenvalue weighted by Gasteiger charge is -2.19. The largest absolute Gasteiger partial charge is 0.496 e. The Balaban J connectivity index is 2.73. The molecule has 1 aromatic carbocycles. The van der Waals surface area contributed by atoms with Crippen molar-refractivity contribution in [3.8, 4) is 17.2 Å². The predicted octanol–water partition coefficient (Wildman–Crippen LogP) is 2.14. The molecule has 0 saturated carbocycles. The van der Waals surface area contributed by atoms with E-state index in [1.807, 2.05) is 12.1 Å². The lowest BCUT2D eigenvalue weighted by molar-refractivity contribution is 0.345. The monoisotopic (exact) mass is 296 g/mol. The molecular formula is C16H28N2O3. The number of hydrogen-bond donors (Lipinski definition) is 1. The Morgan fingerprint density at radius 3 is 2.10 bits per heavy atom. The number of methoxy groups -OCH3 is 3. The third-order valence-corrected chi connectivity index (χ3v) is 3.44. The van der Waals surface area contributed by atoms with Crippen LogP contribution in [-0.2, 0) is 6.54 Å². The van der Waals surface area contributed by atoms with Crippen molar-refractivity contribution in [3.05, 3.63) is 17.7 Å². The molecular weight excluding hydrogens is 268 g/mol. The summed E-state index contributed by atoms with van der Waals surface area (Å²) >= 11 is 0. The summed E-state index contributed by atoms with van der Waals surface area (Å²) < 4.78 is 16.1. The Bertz CT molecular complexity index is 436. The van der Waals surface area contributed by atoms with Gasteiger partial charge in [-0.25, -0.2) is 0 Å². The molecule has 0 amide bonds. The predicted molar refractivity (Wildman–Crippen MR) is 85.6 cm³/mol. The van der Waals surface area contributed by atoms with Crippen molar-refractivity contribution in [2.75, 3.05) is 42.0 Å². The van der Waals surface area contributed by atoms with Gasteiger partial charge in [-0.3, -0.25) is 0 Å². The van der Waals surface area contributed by atoms with Gasteiger partial charge in [-0.15, -0.1) is 0 Å². The molecule has 0 aliphatic heterocycles.